The molecule has 0 aliphatic carbocycles. The minimum absolute atomic E-state index is 0.0717. The number of amides is 1. The number of anilines is 1. The van der Waals surface area contributed by atoms with Crippen LogP contribution in [0, 0.1) is 6.92 Å². The van der Waals surface area contributed by atoms with Gasteiger partial charge in [-0.05, 0) is 48.7 Å². The lowest BCUT2D eigenvalue weighted by molar-refractivity contribution is -0.153. The quantitative estimate of drug-likeness (QED) is 0.319. The zero-order chi connectivity index (χ0) is 30.0. The third-order valence-electron chi connectivity index (χ3n) is 6.92. The van der Waals surface area contributed by atoms with Crippen molar-refractivity contribution in [1.29, 1.82) is 0 Å². The summed E-state index contributed by atoms with van der Waals surface area (Å²) in [6, 6.07) is 8.80. The van der Waals surface area contributed by atoms with Crippen LogP contribution < -0.4 is 20.5 Å². The molecule has 4 aromatic heterocycles. The van der Waals surface area contributed by atoms with E-state index in [2.05, 4.69) is 25.2 Å². The molecule has 1 aliphatic rings. The van der Waals surface area contributed by atoms with E-state index in [1.165, 1.54) is 13.0 Å². The minimum Gasteiger partial charge on any atom is -0.483 e. The highest BCUT2D eigenvalue weighted by atomic mass is 19.4. The van der Waals surface area contributed by atoms with Crippen LogP contribution in [-0.4, -0.2) is 64.3 Å². The Morgan fingerprint density at radius 2 is 1.90 bits per heavy atom. The molecule has 0 radical (unpaired) electrons. The molecule has 1 fully saturated rings. The maximum absolute atomic E-state index is 13.5. The van der Waals surface area contributed by atoms with E-state index in [4.69, 9.17) is 9.47 Å². The molecule has 0 aromatic carbocycles. The second kappa shape index (κ2) is 11.8. The lowest BCUT2D eigenvalue weighted by Gasteiger charge is -2.27. The number of hydrogen-bond acceptors (Lipinski definition) is 7. The molecule has 1 saturated heterocycles. The molecular weight excluding hydrogens is 553 g/mol. The number of pyridine rings is 3. The van der Waals surface area contributed by atoms with Gasteiger partial charge in [0.2, 0.25) is 0 Å². The van der Waals surface area contributed by atoms with Crippen LogP contribution >= 0.6 is 0 Å². The number of rotatable bonds is 8. The van der Waals surface area contributed by atoms with Crippen molar-refractivity contribution in [2.75, 3.05) is 37.8 Å². The van der Waals surface area contributed by atoms with Crippen LogP contribution in [0.2, 0.25) is 0 Å². The van der Waals surface area contributed by atoms with Crippen LogP contribution in [0.1, 0.15) is 47.2 Å². The summed E-state index contributed by atoms with van der Waals surface area (Å²) in [6.45, 7) is 6.40. The first-order valence-corrected chi connectivity index (χ1v) is 13.5. The Morgan fingerprint density at radius 1 is 1.14 bits per heavy atom. The molecule has 5 rings (SSSR count). The molecule has 222 valence electrons. The van der Waals surface area contributed by atoms with Crippen LogP contribution in [0.3, 0.4) is 0 Å². The maximum atomic E-state index is 13.5. The highest BCUT2D eigenvalue weighted by molar-refractivity contribution is 5.95. The van der Waals surface area contributed by atoms with Gasteiger partial charge < -0.3 is 24.7 Å². The zero-order valence-electron chi connectivity index (χ0n) is 23.4. The van der Waals surface area contributed by atoms with Gasteiger partial charge in [0.05, 0.1) is 36.5 Å². The van der Waals surface area contributed by atoms with E-state index >= 15 is 0 Å². The van der Waals surface area contributed by atoms with Crippen LogP contribution in [-0.2, 0) is 11.3 Å². The van der Waals surface area contributed by atoms with Crippen molar-refractivity contribution in [2.45, 2.75) is 39.4 Å². The van der Waals surface area contributed by atoms with Gasteiger partial charge in [0.15, 0.2) is 6.61 Å². The molecular formula is C29H31F3N6O4. The number of imidazole rings is 1. The van der Waals surface area contributed by atoms with E-state index in [-0.39, 0.29) is 29.5 Å². The van der Waals surface area contributed by atoms with Crippen molar-refractivity contribution in [3.05, 3.63) is 75.9 Å². The molecule has 4 aromatic rings. The fraction of sp³-hybridized carbons (Fsp3) is 0.379. The Balaban J connectivity index is 1.46. The Kier molecular flexibility index (Phi) is 8.21. The van der Waals surface area contributed by atoms with E-state index in [9.17, 15) is 22.8 Å². The van der Waals surface area contributed by atoms with Gasteiger partial charge >= 0.3 is 6.18 Å². The molecule has 2 N–H and O–H groups in total. The van der Waals surface area contributed by atoms with E-state index in [0.29, 0.717) is 18.9 Å². The van der Waals surface area contributed by atoms with Crippen LogP contribution in [0.4, 0.5) is 19.0 Å². The number of carbonyl (C=O) groups excluding carboxylic acids is 1. The van der Waals surface area contributed by atoms with Gasteiger partial charge in [-0.1, -0.05) is 13.8 Å². The smallest absolute Gasteiger partial charge is 0.422 e. The largest absolute Gasteiger partial charge is 0.483 e. The van der Waals surface area contributed by atoms with E-state index in [1.807, 2.05) is 32.0 Å². The maximum Gasteiger partial charge on any atom is 0.422 e. The molecule has 0 saturated carbocycles. The summed E-state index contributed by atoms with van der Waals surface area (Å²) in [5.74, 6) is 0.112. The van der Waals surface area contributed by atoms with E-state index in [0.717, 1.165) is 41.2 Å². The van der Waals surface area contributed by atoms with Gasteiger partial charge in [0, 0.05) is 30.5 Å². The van der Waals surface area contributed by atoms with E-state index < -0.39 is 24.2 Å². The average molecular weight is 585 g/mol. The number of fused-ring (bicyclic) bond motifs is 1. The monoisotopic (exact) mass is 584 g/mol. The molecule has 1 amide bonds. The van der Waals surface area contributed by atoms with Crippen molar-refractivity contribution in [1.82, 2.24) is 24.7 Å². The number of carbonyl (C=O) groups is 1. The van der Waals surface area contributed by atoms with Crippen LogP contribution in [0.5, 0.6) is 5.75 Å². The normalized spacial score (nSPS) is 14.0. The first kappa shape index (κ1) is 29.1. The van der Waals surface area contributed by atoms with Gasteiger partial charge in [0.1, 0.15) is 23.6 Å². The van der Waals surface area contributed by atoms with Gasteiger partial charge in [-0.2, -0.15) is 13.2 Å². The molecule has 5 heterocycles. The molecule has 0 bridgehead atoms. The Morgan fingerprint density at radius 3 is 2.57 bits per heavy atom. The summed E-state index contributed by atoms with van der Waals surface area (Å²) in [7, 11) is 0. The number of morpholine rings is 1. The van der Waals surface area contributed by atoms with Crippen molar-refractivity contribution in [2.24, 2.45) is 0 Å². The number of aromatic amines is 1. The average Bonchev–Trinajstić information content (AvgIpc) is 3.39. The SMILES string of the molecule is Cc1cc(OCC(F)(F)F)c(CNC(=O)c2cc(-c3ccc(N4CCOCC4)nc3)cc3c(C(C)C)ncn23)c(=O)[nH]1. The number of nitrogens with one attached hydrogen (secondary N) is 2. The highest BCUT2D eigenvalue weighted by Gasteiger charge is 2.29. The van der Waals surface area contributed by atoms with Crippen LogP contribution in [0.15, 0.2) is 47.7 Å². The lowest BCUT2D eigenvalue weighted by atomic mass is 10.0. The zero-order valence-corrected chi connectivity index (χ0v) is 23.4. The second-order valence-corrected chi connectivity index (χ2v) is 10.4. The number of halogens is 3. The third-order valence-corrected chi connectivity index (χ3v) is 6.92. The summed E-state index contributed by atoms with van der Waals surface area (Å²) >= 11 is 0. The number of nitrogens with zero attached hydrogens (tertiary/aromatic N) is 4. The van der Waals surface area contributed by atoms with Crippen molar-refractivity contribution < 1.29 is 27.4 Å². The topological polar surface area (TPSA) is 114 Å². The predicted molar refractivity (Wildman–Crippen MR) is 150 cm³/mol. The summed E-state index contributed by atoms with van der Waals surface area (Å²) in [6.07, 6.45) is -1.28. The predicted octanol–water partition coefficient (Wildman–Crippen LogP) is 4.22. The van der Waals surface area contributed by atoms with Gasteiger partial charge in [-0.3, -0.25) is 14.0 Å². The molecule has 0 atom stereocenters. The summed E-state index contributed by atoms with van der Waals surface area (Å²) in [5, 5.41) is 2.67. The summed E-state index contributed by atoms with van der Waals surface area (Å²) in [5.41, 5.74) is 2.84. The molecule has 0 unspecified atom stereocenters. The number of ether oxygens (including phenoxy) is 2. The number of aromatic nitrogens is 4. The first-order chi connectivity index (χ1) is 20.0. The Labute approximate surface area is 239 Å². The van der Waals surface area contributed by atoms with Crippen molar-refractivity contribution >= 4 is 17.2 Å². The summed E-state index contributed by atoms with van der Waals surface area (Å²) in [4.78, 5) is 40.0. The lowest BCUT2D eigenvalue weighted by Crippen LogP contribution is -2.36. The number of alkyl halides is 3. The Bertz CT molecular complexity index is 1640. The third kappa shape index (κ3) is 6.40. The molecule has 10 nitrogen and oxygen atoms in total. The number of H-pyrrole nitrogens is 1. The van der Waals surface area contributed by atoms with Gasteiger partial charge in [0.25, 0.3) is 11.5 Å². The Hall–Kier alpha value is -4.39. The van der Waals surface area contributed by atoms with Crippen molar-refractivity contribution in [3.8, 4) is 16.9 Å². The number of hydrogen-bond donors (Lipinski definition) is 2. The first-order valence-electron chi connectivity index (χ1n) is 13.5. The van der Waals surface area contributed by atoms with Gasteiger partial charge in [-0.15, -0.1) is 0 Å². The fourth-order valence-electron chi connectivity index (χ4n) is 4.84. The molecule has 0 spiro atoms. The highest BCUT2D eigenvalue weighted by Crippen LogP contribution is 2.28. The van der Waals surface area contributed by atoms with Crippen LogP contribution in [0.25, 0.3) is 16.6 Å². The molecule has 1 aliphatic heterocycles. The summed E-state index contributed by atoms with van der Waals surface area (Å²) < 4.78 is 50.4. The fourth-order valence-corrected chi connectivity index (χ4v) is 4.84. The van der Waals surface area contributed by atoms with Gasteiger partial charge in [-0.25, -0.2) is 9.97 Å². The second-order valence-electron chi connectivity index (χ2n) is 10.4. The molecule has 42 heavy (non-hydrogen) atoms. The minimum atomic E-state index is -4.59. The number of aryl methyl sites for hydroxylation is 1. The molecule has 13 heteroatoms. The van der Waals surface area contributed by atoms with E-state index in [1.54, 1.807) is 23.0 Å². The standard InChI is InChI=1S/C29H31F3N6O4/c1-17(2)26-22-11-20(19-4-5-25(33-13-19)37-6-8-41-9-7-37)12-23(38(22)16-35-26)28(40)34-14-21-24(42-15-29(30,31)32)10-18(3)36-27(21)39/h4-5,10-13,16-17H,6-9,14-15H2,1-3H3,(H,34,40)(H,36,39). The van der Waals surface area contributed by atoms with Crippen molar-refractivity contribution in [3.63, 3.8) is 0 Å².